The van der Waals surface area contributed by atoms with Gasteiger partial charge in [0.2, 0.25) is 5.91 Å². The maximum atomic E-state index is 13.0. The number of nitrogens with two attached hydrogens (primary N) is 1. The fourth-order valence-electron chi connectivity index (χ4n) is 5.58. The van der Waals surface area contributed by atoms with Crippen LogP contribution < -0.4 is 10.5 Å². The number of carbonyl (C=O) groups is 1. The van der Waals surface area contributed by atoms with E-state index in [9.17, 15) is 4.79 Å². The van der Waals surface area contributed by atoms with E-state index >= 15 is 0 Å². The van der Waals surface area contributed by atoms with Gasteiger partial charge in [0.1, 0.15) is 29.3 Å². The number of hydrogen-bond acceptors (Lipinski definition) is 7. The van der Waals surface area contributed by atoms with Gasteiger partial charge in [-0.15, -0.1) is 0 Å². The van der Waals surface area contributed by atoms with Crippen molar-refractivity contribution < 1.29 is 9.53 Å². The molecule has 40 heavy (non-hydrogen) atoms. The van der Waals surface area contributed by atoms with E-state index in [0.717, 1.165) is 47.7 Å². The molecule has 2 aromatic heterocycles. The molecule has 1 aliphatic heterocycles. The van der Waals surface area contributed by atoms with Crippen molar-refractivity contribution in [3.63, 3.8) is 0 Å². The highest BCUT2D eigenvalue weighted by atomic mass is 16.5. The van der Waals surface area contributed by atoms with Crippen LogP contribution in [-0.2, 0) is 4.79 Å². The summed E-state index contributed by atoms with van der Waals surface area (Å²) in [5.41, 5.74) is 8.63. The van der Waals surface area contributed by atoms with Crippen molar-refractivity contribution in [3.8, 4) is 22.8 Å². The minimum absolute atomic E-state index is 0.00528. The summed E-state index contributed by atoms with van der Waals surface area (Å²) in [6.45, 7) is 5.27. The second kappa shape index (κ2) is 11.5. The Morgan fingerprint density at radius 1 is 1.07 bits per heavy atom. The van der Waals surface area contributed by atoms with Crippen molar-refractivity contribution in [2.75, 3.05) is 31.9 Å². The third-order valence-corrected chi connectivity index (χ3v) is 8.04. The summed E-state index contributed by atoms with van der Waals surface area (Å²) >= 11 is 0. The maximum Gasteiger partial charge on any atom is 0.246 e. The zero-order chi connectivity index (χ0) is 27.5. The Morgan fingerprint density at radius 2 is 1.85 bits per heavy atom. The van der Waals surface area contributed by atoms with E-state index in [1.807, 2.05) is 70.3 Å². The number of nitrogen functional groups attached to an aromatic ring is 1. The largest absolute Gasteiger partial charge is 0.457 e. The van der Waals surface area contributed by atoms with Crippen LogP contribution in [0.4, 0.5) is 5.82 Å². The van der Waals surface area contributed by atoms with Gasteiger partial charge in [0.15, 0.2) is 5.65 Å². The van der Waals surface area contributed by atoms with Crippen molar-refractivity contribution in [2.24, 2.45) is 0 Å². The van der Waals surface area contributed by atoms with Gasteiger partial charge in [-0.3, -0.25) is 9.69 Å². The lowest BCUT2D eigenvalue weighted by molar-refractivity contribution is -0.125. The zero-order valence-corrected chi connectivity index (χ0v) is 22.8. The fourth-order valence-corrected chi connectivity index (χ4v) is 5.58. The van der Waals surface area contributed by atoms with Gasteiger partial charge in [0.05, 0.1) is 11.4 Å². The lowest BCUT2D eigenvalue weighted by Gasteiger charge is -2.36. The van der Waals surface area contributed by atoms with Gasteiger partial charge < -0.3 is 15.4 Å². The van der Waals surface area contributed by atoms with Crippen LogP contribution >= 0.6 is 0 Å². The topological polar surface area (TPSA) is 102 Å². The molecule has 4 aromatic rings. The Morgan fingerprint density at radius 3 is 2.58 bits per heavy atom. The molecule has 0 bridgehead atoms. The quantitative estimate of drug-likeness (QED) is 0.297. The predicted molar refractivity (Wildman–Crippen MR) is 156 cm³/mol. The molecule has 1 amide bonds. The van der Waals surface area contributed by atoms with Crippen molar-refractivity contribution in [3.05, 3.63) is 73.1 Å². The van der Waals surface area contributed by atoms with Gasteiger partial charge in [0.25, 0.3) is 0 Å². The first-order valence-corrected chi connectivity index (χ1v) is 14.1. The second-order valence-corrected chi connectivity index (χ2v) is 10.5. The standard InChI is InChI=1S/C31H35N7O2/c1-2-36(23-8-6-9-23)18-7-12-27(39)37-19-17-24(20-37)38-31-28(30(32)33-21-34-31)29(35-38)22-13-15-26(16-14-22)40-25-10-4-3-5-11-25/h3-5,7,10-16,21,23-24H,2,6,8-9,17-20H2,1H3,(H2,32,33,34)/b12-7+. The molecule has 1 atom stereocenters. The van der Waals surface area contributed by atoms with E-state index in [2.05, 4.69) is 21.8 Å². The molecule has 1 unspecified atom stereocenters. The van der Waals surface area contributed by atoms with Gasteiger partial charge >= 0.3 is 0 Å². The van der Waals surface area contributed by atoms with Gasteiger partial charge in [-0.1, -0.05) is 37.6 Å². The molecule has 6 rings (SSSR count). The maximum absolute atomic E-state index is 13.0. The number of rotatable bonds is 9. The molecule has 1 saturated heterocycles. The van der Waals surface area contributed by atoms with Crippen LogP contribution in [0.25, 0.3) is 22.3 Å². The Hall–Kier alpha value is -4.24. The minimum Gasteiger partial charge on any atom is -0.457 e. The molecule has 206 valence electrons. The number of nitrogens with zero attached hydrogens (tertiary/aromatic N) is 6. The van der Waals surface area contributed by atoms with Gasteiger partial charge in [0, 0.05) is 37.3 Å². The smallest absolute Gasteiger partial charge is 0.246 e. The molecule has 9 heteroatoms. The number of anilines is 1. The minimum atomic E-state index is 0.00528. The number of likely N-dealkylation sites (N-methyl/N-ethyl adjacent to an activating group) is 1. The number of amides is 1. The lowest BCUT2D eigenvalue weighted by Crippen LogP contribution is -2.40. The van der Waals surface area contributed by atoms with Gasteiger partial charge in [-0.25, -0.2) is 14.6 Å². The van der Waals surface area contributed by atoms with E-state index in [1.54, 1.807) is 6.08 Å². The highest BCUT2D eigenvalue weighted by Gasteiger charge is 2.30. The van der Waals surface area contributed by atoms with Crippen LogP contribution in [0, 0.1) is 0 Å². The summed E-state index contributed by atoms with van der Waals surface area (Å²) in [6.07, 6.45) is 9.86. The number of para-hydroxylation sites is 1. The molecule has 2 N–H and O–H groups in total. The first-order valence-electron chi connectivity index (χ1n) is 14.1. The molecule has 1 saturated carbocycles. The third kappa shape index (κ3) is 5.29. The molecule has 2 aliphatic rings. The second-order valence-electron chi connectivity index (χ2n) is 10.5. The number of likely N-dealkylation sites (tertiary alicyclic amines) is 1. The van der Waals surface area contributed by atoms with Gasteiger partial charge in [-0.2, -0.15) is 5.10 Å². The Balaban J connectivity index is 1.18. The average molecular weight is 538 g/mol. The normalized spacial score (nSPS) is 17.6. The number of carbonyl (C=O) groups excluding carboxylic acids is 1. The Kier molecular flexibility index (Phi) is 7.46. The van der Waals surface area contributed by atoms with Crippen LogP contribution in [0.1, 0.15) is 38.6 Å². The molecule has 0 radical (unpaired) electrons. The fraction of sp³-hybridized carbons (Fsp3) is 0.355. The Bertz CT molecular complexity index is 1500. The molecule has 9 nitrogen and oxygen atoms in total. The molecular weight excluding hydrogens is 502 g/mol. The summed E-state index contributed by atoms with van der Waals surface area (Å²) in [6, 6.07) is 18.1. The summed E-state index contributed by atoms with van der Waals surface area (Å²) in [5, 5.41) is 5.69. The number of ether oxygens (including phenoxy) is 1. The molecule has 3 heterocycles. The molecule has 1 aliphatic carbocycles. The predicted octanol–water partition coefficient (Wildman–Crippen LogP) is 5.07. The number of benzene rings is 2. The molecular formula is C31H35N7O2. The summed E-state index contributed by atoms with van der Waals surface area (Å²) in [5.74, 6) is 1.94. The van der Waals surface area contributed by atoms with Crippen molar-refractivity contribution >= 4 is 22.8 Å². The van der Waals surface area contributed by atoms with Crippen molar-refractivity contribution in [1.29, 1.82) is 0 Å². The zero-order valence-electron chi connectivity index (χ0n) is 22.8. The number of aromatic nitrogens is 4. The molecule has 2 aromatic carbocycles. The van der Waals surface area contributed by atoms with E-state index in [0.29, 0.717) is 30.6 Å². The highest BCUT2D eigenvalue weighted by molar-refractivity contribution is 5.98. The average Bonchev–Trinajstić information content (AvgIpc) is 3.59. The van der Waals surface area contributed by atoms with E-state index < -0.39 is 0 Å². The molecule has 2 fully saturated rings. The van der Waals surface area contributed by atoms with Crippen LogP contribution in [0.5, 0.6) is 11.5 Å². The van der Waals surface area contributed by atoms with Crippen molar-refractivity contribution in [2.45, 2.75) is 44.7 Å². The monoisotopic (exact) mass is 537 g/mol. The van der Waals surface area contributed by atoms with E-state index in [1.165, 1.54) is 25.6 Å². The van der Waals surface area contributed by atoms with Crippen LogP contribution in [0.15, 0.2) is 73.1 Å². The summed E-state index contributed by atoms with van der Waals surface area (Å²) in [4.78, 5) is 26.1. The number of hydrogen-bond donors (Lipinski definition) is 1. The summed E-state index contributed by atoms with van der Waals surface area (Å²) < 4.78 is 7.87. The summed E-state index contributed by atoms with van der Waals surface area (Å²) in [7, 11) is 0. The third-order valence-electron chi connectivity index (χ3n) is 8.04. The SMILES string of the molecule is CCN(C/C=C/C(=O)N1CCC(n2nc(-c3ccc(Oc4ccccc4)cc3)c3c(N)ncnc32)C1)C1CCC1. The first kappa shape index (κ1) is 26.0. The van der Waals surface area contributed by atoms with Crippen molar-refractivity contribution in [1.82, 2.24) is 29.5 Å². The lowest BCUT2D eigenvalue weighted by atomic mass is 9.91. The highest BCUT2D eigenvalue weighted by Crippen LogP contribution is 2.35. The van der Waals surface area contributed by atoms with E-state index in [-0.39, 0.29) is 11.9 Å². The first-order chi connectivity index (χ1) is 19.6. The van der Waals surface area contributed by atoms with Crippen LogP contribution in [0.3, 0.4) is 0 Å². The van der Waals surface area contributed by atoms with E-state index in [4.69, 9.17) is 15.6 Å². The van der Waals surface area contributed by atoms with Crippen LogP contribution in [-0.4, -0.2) is 67.7 Å². The molecule has 0 spiro atoms. The van der Waals surface area contributed by atoms with Crippen LogP contribution in [0.2, 0.25) is 0 Å². The Labute approximate surface area is 234 Å². The number of fused-ring (bicyclic) bond motifs is 1. The van der Waals surface area contributed by atoms with Gasteiger partial charge in [-0.05, 0) is 62.2 Å².